The molecule has 0 bridgehead atoms. The van der Waals surface area contributed by atoms with Crippen molar-refractivity contribution in [2.24, 2.45) is 0 Å². The number of hydrogen-bond acceptors (Lipinski definition) is 7. The Hall–Kier alpha value is -2.45. The third kappa shape index (κ3) is 3.11. The average Bonchev–Trinajstić information content (AvgIpc) is 2.41. The molecule has 1 amide bonds. The van der Waals surface area contributed by atoms with Crippen LogP contribution in [0.4, 0.5) is 5.95 Å². The Balaban J connectivity index is 2.21. The van der Waals surface area contributed by atoms with Gasteiger partial charge in [0.25, 0.3) is 0 Å². The van der Waals surface area contributed by atoms with Crippen LogP contribution < -0.4 is 15.9 Å². The first-order valence-electron chi connectivity index (χ1n) is 6.23. The van der Waals surface area contributed by atoms with E-state index >= 15 is 0 Å². The quantitative estimate of drug-likeness (QED) is 0.640. The van der Waals surface area contributed by atoms with Crippen LogP contribution in [0.25, 0.3) is 0 Å². The molecule has 1 unspecified atom stereocenters. The molecule has 2 heterocycles. The highest BCUT2D eigenvalue weighted by atomic mass is 16.5. The van der Waals surface area contributed by atoms with Crippen LogP contribution in [0.3, 0.4) is 0 Å². The predicted octanol–water partition coefficient (Wildman–Crippen LogP) is -1.58. The molecule has 0 aliphatic carbocycles. The summed E-state index contributed by atoms with van der Waals surface area (Å²) in [6.45, 7) is 2.78. The van der Waals surface area contributed by atoms with E-state index in [2.05, 4.69) is 20.3 Å². The molecule has 1 aromatic rings. The minimum atomic E-state index is -0.756. The van der Waals surface area contributed by atoms with Crippen molar-refractivity contribution in [3.8, 4) is 0 Å². The fourth-order valence-corrected chi connectivity index (χ4v) is 1.99. The number of aromatic amines is 1. The van der Waals surface area contributed by atoms with Gasteiger partial charge in [-0.15, -0.1) is 0 Å². The Morgan fingerprint density at radius 2 is 2.30 bits per heavy atom. The molecule has 0 spiro atoms. The lowest BCUT2D eigenvalue weighted by Gasteiger charge is -2.34. The SMILES string of the molecule is CCOC(=O)CC1C(=O)NCCN1c1ncnc(=O)[nH]1. The van der Waals surface area contributed by atoms with E-state index < -0.39 is 17.7 Å². The highest BCUT2D eigenvalue weighted by Crippen LogP contribution is 2.15. The second-order valence-electron chi connectivity index (χ2n) is 4.14. The van der Waals surface area contributed by atoms with Crippen LogP contribution in [-0.2, 0) is 14.3 Å². The maximum absolute atomic E-state index is 11.9. The summed E-state index contributed by atoms with van der Waals surface area (Å²) >= 11 is 0. The zero-order valence-electron chi connectivity index (χ0n) is 11.0. The van der Waals surface area contributed by atoms with Gasteiger partial charge in [-0.25, -0.2) is 9.78 Å². The number of H-pyrrole nitrogens is 1. The van der Waals surface area contributed by atoms with Crippen molar-refractivity contribution in [1.29, 1.82) is 0 Å². The van der Waals surface area contributed by atoms with E-state index in [1.807, 2.05) is 0 Å². The van der Waals surface area contributed by atoms with E-state index in [4.69, 9.17) is 4.74 Å². The lowest BCUT2D eigenvalue weighted by molar-refractivity contribution is -0.145. The molecule has 1 aliphatic heterocycles. The minimum absolute atomic E-state index is 0.105. The number of ether oxygens (including phenoxy) is 1. The van der Waals surface area contributed by atoms with Gasteiger partial charge < -0.3 is 15.0 Å². The number of nitrogens with zero attached hydrogens (tertiary/aromatic N) is 3. The number of anilines is 1. The number of rotatable bonds is 4. The van der Waals surface area contributed by atoms with Crippen molar-refractivity contribution in [1.82, 2.24) is 20.3 Å². The maximum atomic E-state index is 11.9. The molecule has 9 nitrogen and oxygen atoms in total. The van der Waals surface area contributed by atoms with E-state index in [1.165, 1.54) is 0 Å². The van der Waals surface area contributed by atoms with Crippen LogP contribution in [0.1, 0.15) is 13.3 Å². The Labute approximate surface area is 114 Å². The van der Waals surface area contributed by atoms with E-state index in [0.29, 0.717) is 13.1 Å². The number of hydrogen-bond donors (Lipinski definition) is 2. The molecule has 1 aliphatic rings. The molecule has 0 saturated carbocycles. The molecule has 2 rings (SSSR count). The van der Waals surface area contributed by atoms with Gasteiger partial charge in [0.1, 0.15) is 12.4 Å². The maximum Gasteiger partial charge on any atom is 0.349 e. The zero-order valence-corrected chi connectivity index (χ0v) is 11.0. The van der Waals surface area contributed by atoms with Crippen molar-refractivity contribution >= 4 is 17.8 Å². The van der Waals surface area contributed by atoms with E-state index in [0.717, 1.165) is 6.33 Å². The first-order chi connectivity index (χ1) is 9.61. The van der Waals surface area contributed by atoms with Gasteiger partial charge in [0.15, 0.2) is 0 Å². The highest BCUT2D eigenvalue weighted by Gasteiger charge is 2.33. The summed E-state index contributed by atoms with van der Waals surface area (Å²) in [5.74, 6) is -0.561. The second kappa shape index (κ2) is 6.13. The van der Waals surface area contributed by atoms with Gasteiger partial charge in [0.2, 0.25) is 11.9 Å². The standard InChI is InChI=1S/C11H15N5O4/c1-2-20-8(17)5-7-9(18)12-3-4-16(7)10-13-6-14-11(19)15-10/h6-7H,2-5H2,1H3,(H,12,18)(H,13,14,15,19). The number of aromatic nitrogens is 3. The molecule has 1 aromatic heterocycles. The fraction of sp³-hybridized carbons (Fsp3) is 0.545. The first-order valence-corrected chi connectivity index (χ1v) is 6.23. The third-order valence-electron chi connectivity index (χ3n) is 2.84. The van der Waals surface area contributed by atoms with Gasteiger partial charge in [-0.05, 0) is 6.92 Å². The minimum Gasteiger partial charge on any atom is -0.466 e. The average molecular weight is 281 g/mol. The van der Waals surface area contributed by atoms with Crippen molar-refractivity contribution in [3.63, 3.8) is 0 Å². The van der Waals surface area contributed by atoms with Gasteiger partial charge in [0.05, 0.1) is 13.0 Å². The van der Waals surface area contributed by atoms with Crippen molar-refractivity contribution < 1.29 is 14.3 Å². The van der Waals surface area contributed by atoms with Gasteiger partial charge in [-0.1, -0.05) is 0 Å². The number of carbonyl (C=O) groups excluding carboxylic acids is 2. The Kier molecular flexibility index (Phi) is 4.28. The summed E-state index contributed by atoms with van der Waals surface area (Å²) in [7, 11) is 0. The van der Waals surface area contributed by atoms with Crippen LogP contribution in [0.5, 0.6) is 0 Å². The monoisotopic (exact) mass is 281 g/mol. The topological polar surface area (TPSA) is 117 Å². The van der Waals surface area contributed by atoms with Crippen LogP contribution in [0, 0.1) is 0 Å². The molecular weight excluding hydrogens is 266 g/mol. The van der Waals surface area contributed by atoms with Gasteiger partial charge >= 0.3 is 11.7 Å². The van der Waals surface area contributed by atoms with Crippen LogP contribution in [0.2, 0.25) is 0 Å². The summed E-state index contributed by atoms with van der Waals surface area (Å²) in [5, 5.41) is 2.67. The smallest absolute Gasteiger partial charge is 0.349 e. The molecule has 1 fully saturated rings. The Morgan fingerprint density at radius 1 is 1.50 bits per heavy atom. The lowest BCUT2D eigenvalue weighted by atomic mass is 10.1. The second-order valence-corrected chi connectivity index (χ2v) is 4.14. The summed E-state index contributed by atoms with van der Waals surface area (Å²) in [4.78, 5) is 46.1. The third-order valence-corrected chi connectivity index (χ3v) is 2.84. The van der Waals surface area contributed by atoms with Crippen LogP contribution in [-0.4, -0.2) is 52.6 Å². The van der Waals surface area contributed by atoms with Crippen molar-refractivity contribution in [2.75, 3.05) is 24.6 Å². The molecule has 2 N–H and O–H groups in total. The Morgan fingerprint density at radius 3 is 3.00 bits per heavy atom. The number of piperazine rings is 1. The molecular formula is C11H15N5O4. The van der Waals surface area contributed by atoms with Crippen molar-refractivity contribution in [2.45, 2.75) is 19.4 Å². The van der Waals surface area contributed by atoms with Gasteiger partial charge in [-0.3, -0.25) is 14.6 Å². The summed E-state index contributed by atoms with van der Waals surface area (Å²) < 4.78 is 4.85. The van der Waals surface area contributed by atoms with Crippen molar-refractivity contribution in [3.05, 3.63) is 16.8 Å². The molecule has 9 heteroatoms. The molecule has 0 radical (unpaired) electrons. The number of esters is 1. The zero-order chi connectivity index (χ0) is 14.5. The Bertz CT molecular complexity index is 558. The number of carbonyl (C=O) groups is 2. The van der Waals surface area contributed by atoms with E-state index in [-0.39, 0.29) is 24.9 Å². The van der Waals surface area contributed by atoms with Gasteiger partial charge in [-0.2, -0.15) is 4.98 Å². The fourth-order valence-electron chi connectivity index (χ4n) is 1.99. The highest BCUT2D eigenvalue weighted by molar-refractivity contribution is 5.90. The number of amides is 1. The summed E-state index contributed by atoms with van der Waals surface area (Å²) in [6.07, 6.45) is 1.01. The normalized spacial score (nSPS) is 18.6. The summed E-state index contributed by atoms with van der Waals surface area (Å²) in [6, 6.07) is -0.756. The number of nitrogens with one attached hydrogen (secondary N) is 2. The van der Waals surface area contributed by atoms with E-state index in [9.17, 15) is 14.4 Å². The summed E-state index contributed by atoms with van der Waals surface area (Å²) in [5.41, 5.74) is -0.559. The van der Waals surface area contributed by atoms with Gasteiger partial charge in [0, 0.05) is 13.1 Å². The first kappa shape index (κ1) is 14.0. The van der Waals surface area contributed by atoms with E-state index in [1.54, 1.807) is 11.8 Å². The molecule has 108 valence electrons. The molecule has 20 heavy (non-hydrogen) atoms. The largest absolute Gasteiger partial charge is 0.466 e. The van der Waals surface area contributed by atoms with Crippen LogP contribution in [0.15, 0.2) is 11.1 Å². The van der Waals surface area contributed by atoms with Crippen LogP contribution >= 0.6 is 0 Å². The predicted molar refractivity (Wildman–Crippen MR) is 68.0 cm³/mol. The lowest BCUT2D eigenvalue weighted by Crippen LogP contribution is -2.57. The molecule has 1 atom stereocenters. The molecule has 1 saturated heterocycles. The molecule has 0 aromatic carbocycles.